The molecule has 134 valence electrons. The zero-order chi connectivity index (χ0) is 18.6. The van der Waals surface area contributed by atoms with Crippen LogP contribution >= 0.6 is 0 Å². The highest BCUT2D eigenvalue weighted by Crippen LogP contribution is 2.18. The van der Waals surface area contributed by atoms with Crippen molar-refractivity contribution in [3.05, 3.63) is 57.9 Å². The maximum Gasteiger partial charge on any atom is 0.268 e. The van der Waals surface area contributed by atoms with Crippen molar-refractivity contribution in [1.82, 2.24) is 15.2 Å². The smallest absolute Gasteiger partial charge is 0.268 e. The lowest BCUT2D eigenvalue weighted by atomic mass is 10.1. The fourth-order valence-electron chi connectivity index (χ4n) is 3.04. The number of hydrogen-bond donors (Lipinski definition) is 2. The molecule has 25 heavy (non-hydrogen) atoms. The maximum absolute atomic E-state index is 12.5. The van der Waals surface area contributed by atoms with Crippen molar-refractivity contribution in [3.8, 4) is 0 Å². The van der Waals surface area contributed by atoms with Crippen LogP contribution in [-0.4, -0.2) is 35.2 Å². The first-order chi connectivity index (χ1) is 11.8. The fourth-order valence-corrected chi connectivity index (χ4v) is 3.04. The fraction of sp³-hybridized carbons (Fsp3) is 0.400. The van der Waals surface area contributed by atoms with E-state index in [2.05, 4.69) is 41.3 Å². The molecular formula is C20H27N3O2. The number of aryl methyl sites for hydroxylation is 1. The molecule has 0 aliphatic carbocycles. The van der Waals surface area contributed by atoms with Gasteiger partial charge in [0.1, 0.15) is 5.69 Å². The number of aromatic nitrogens is 1. The first kappa shape index (κ1) is 18.9. The van der Waals surface area contributed by atoms with E-state index in [1.165, 1.54) is 12.5 Å². The minimum absolute atomic E-state index is 0.0296. The molecule has 0 aliphatic rings. The lowest BCUT2D eigenvalue weighted by Gasteiger charge is -2.14. The molecule has 0 unspecified atom stereocenters. The quantitative estimate of drug-likeness (QED) is 0.760. The molecule has 1 aromatic heterocycles. The number of nitrogens with zero attached hydrogens (tertiary/aromatic N) is 1. The number of carbonyl (C=O) groups excluding carboxylic acids is 2. The van der Waals surface area contributed by atoms with Crippen LogP contribution in [0.25, 0.3) is 0 Å². The summed E-state index contributed by atoms with van der Waals surface area (Å²) in [5.41, 5.74) is 4.80. The minimum atomic E-state index is -0.191. The van der Waals surface area contributed by atoms with Gasteiger partial charge < -0.3 is 15.2 Å². The van der Waals surface area contributed by atoms with Crippen molar-refractivity contribution in [3.63, 3.8) is 0 Å². The molecule has 2 aromatic rings. The Labute approximate surface area is 149 Å². The molecule has 0 fully saturated rings. The number of carbonyl (C=O) groups is 2. The normalized spacial score (nSPS) is 11.0. The Morgan fingerprint density at radius 1 is 1.20 bits per heavy atom. The molecule has 1 amide bonds. The monoisotopic (exact) mass is 341 g/mol. The summed E-state index contributed by atoms with van der Waals surface area (Å²) in [4.78, 5) is 29.4. The van der Waals surface area contributed by atoms with E-state index < -0.39 is 0 Å². The summed E-state index contributed by atoms with van der Waals surface area (Å²) in [6, 6.07) is 8.22. The molecular weight excluding hydrogens is 314 g/mol. The Bertz CT molecular complexity index is 777. The highest BCUT2D eigenvalue weighted by atomic mass is 16.2. The van der Waals surface area contributed by atoms with Gasteiger partial charge in [0, 0.05) is 24.3 Å². The third kappa shape index (κ3) is 4.57. The molecule has 0 saturated carbocycles. The number of H-pyrrole nitrogens is 1. The Kier molecular flexibility index (Phi) is 6.15. The molecule has 0 atom stereocenters. The molecule has 1 aromatic carbocycles. The average molecular weight is 341 g/mol. The second kappa shape index (κ2) is 8.12. The van der Waals surface area contributed by atoms with Gasteiger partial charge in [-0.15, -0.1) is 0 Å². The van der Waals surface area contributed by atoms with Gasteiger partial charge in [0.25, 0.3) is 5.91 Å². The summed E-state index contributed by atoms with van der Waals surface area (Å²) in [5.74, 6) is -0.220. The summed E-state index contributed by atoms with van der Waals surface area (Å²) in [5, 5.41) is 2.93. The van der Waals surface area contributed by atoms with Crippen LogP contribution in [0.4, 0.5) is 0 Å². The van der Waals surface area contributed by atoms with Crippen molar-refractivity contribution in [2.24, 2.45) is 0 Å². The second-order valence-corrected chi connectivity index (χ2v) is 6.51. The Morgan fingerprint density at radius 2 is 1.88 bits per heavy atom. The first-order valence-corrected chi connectivity index (χ1v) is 8.58. The molecule has 0 aliphatic heterocycles. The molecule has 2 rings (SSSR count). The standard InChI is InChI=1S/C20H27N3O2/c1-6-23(5)12-17-9-7-8-16(10-17)11-21-20(25)19-13(2)18(15(4)24)14(3)22-19/h7-10,22H,6,11-12H2,1-5H3,(H,21,25). The van der Waals surface area contributed by atoms with Crippen molar-refractivity contribution in [1.29, 1.82) is 0 Å². The number of nitrogens with one attached hydrogen (secondary N) is 2. The largest absolute Gasteiger partial charge is 0.354 e. The van der Waals surface area contributed by atoms with Gasteiger partial charge in [-0.2, -0.15) is 0 Å². The highest BCUT2D eigenvalue weighted by molar-refractivity contribution is 6.02. The zero-order valence-electron chi connectivity index (χ0n) is 15.7. The molecule has 0 spiro atoms. The maximum atomic E-state index is 12.5. The van der Waals surface area contributed by atoms with E-state index in [-0.39, 0.29) is 11.7 Å². The minimum Gasteiger partial charge on any atom is -0.354 e. The number of hydrogen-bond acceptors (Lipinski definition) is 3. The molecule has 0 saturated heterocycles. The molecule has 5 heteroatoms. The topological polar surface area (TPSA) is 65.2 Å². The zero-order valence-corrected chi connectivity index (χ0v) is 15.7. The van der Waals surface area contributed by atoms with E-state index in [0.29, 0.717) is 23.4 Å². The number of Topliss-reactive ketones (excluding diaryl/α,β-unsaturated/α-hetero) is 1. The molecule has 0 bridgehead atoms. The Morgan fingerprint density at radius 3 is 2.48 bits per heavy atom. The van der Waals surface area contributed by atoms with Crippen LogP contribution in [0.2, 0.25) is 0 Å². The van der Waals surface area contributed by atoms with Gasteiger partial charge >= 0.3 is 0 Å². The third-order valence-electron chi connectivity index (χ3n) is 4.45. The van der Waals surface area contributed by atoms with Crippen LogP contribution in [0.5, 0.6) is 0 Å². The number of benzene rings is 1. The summed E-state index contributed by atoms with van der Waals surface area (Å²) in [6.07, 6.45) is 0. The van der Waals surface area contributed by atoms with E-state index in [9.17, 15) is 9.59 Å². The average Bonchev–Trinajstić information content (AvgIpc) is 2.87. The van der Waals surface area contributed by atoms with Gasteiger partial charge in [-0.1, -0.05) is 31.2 Å². The van der Waals surface area contributed by atoms with Gasteiger partial charge in [0.05, 0.1) is 0 Å². The number of amides is 1. The van der Waals surface area contributed by atoms with Crippen LogP contribution in [0, 0.1) is 13.8 Å². The molecule has 2 N–H and O–H groups in total. The van der Waals surface area contributed by atoms with Crippen molar-refractivity contribution < 1.29 is 9.59 Å². The van der Waals surface area contributed by atoms with Crippen LogP contribution in [-0.2, 0) is 13.1 Å². The van der Waals surface area contributed by atoms with E-state index in [4.69, 9.17) is 0 Å². The van der Waals surface area contributed by atoms with Gasteiger partial charge in [0.15, 0.2) is 5.78 Å². The van der Waals surface area contributed by atoms with Gasteiger partial charge in [-0.3, -0.25) is 9.59 Å². The van der Waals surface area contributed by atoms with Crippen molar-refractivity contribution >= 4 is 11.7 Å². The lowest BCUT2D eigenvalue weighted by Crippen LogP contribution is -2.24. The van der Waals surface area contributed by atoms with Crippen LogP contribution in [0.3, 0.4) is 0 Å². The van der Waals surface area contributed by atoms with Crippen molar-refractivity contribution in [2.45, 2.75) is 40.8 Å². The second-order valence-electron chi connectivity index (χ2n) is 6.51. The Hall–Kier alpha value is -2.40. The van der Waals surface area contributed by atoms with Gasteiger partial charge in [-0.25, -0.2) is 0 Å². The first-order valence-electron chi connectivity index (χ1n) is 8.58. The van der Waals surface area contributed by atoms with Crippen LogP contribution in [0.1, 0.15) is 57.1 Å². The summed E-state index contributed by atoms with van der Waals surface area (Å²) in [7, 11) is 2.08. The predicted molar refractivity (Wildman–Crippen MR) is 99.9 cm³/mol. The van der Waals surface area contributed by atoms with E-state index in [0.717, 1.165) is 24.3 Å². The van der Waals surface area contributed by atoms with E-state index in [1.807, 2.05) is 19.1 Å². The van der Waals surface area contributed by atoms with Crippen molar-refractivity contribution in [2.75, 3.05) is 13.6 Å². The number of aromatic amines is 1. The molecule has 5 nitrogen and oxygen atoms in total. The number of rotatable bonds is 7. The van der Waals surface area contributed by atoms with E-state index in [1.54, 1.807) is 6.92 Å². The van der Waals surface area contributed by atoms with Crippen LogP contribution < -0.4 is 5.32 Å². The highest BCUT2D eigenvalue weighted by Gasteiger charge is 2.19. The summed E-state index contributed by atoms with van der Waals surface area (Å²) >= 11 is 0. The predicted octanol–water partition coefficient (Wildman–Crippen LogP) is 3.22. The molecule has 1 heterocycles. The number of ketones is 1. The van der Waals surface area contributed by atoms with E-state index >= 15 is 0 Å². The SMILES string of the molecule is CCN(C)Cc1cccc(CNC(=O)c2[nH]c(C)c(C(C)=O)c2C)c1. The molecule has 0 radical (unpaired) electrons. The Balaban J connectivity index is 2.07. The van der Waals surface area contributed by atoms with Crippen LogP contribution in [0.15, 0.2) is 24.3 Å². The summed E-state index contributed by atoms with van der Waals surface area (Å²) < 4.78 is 0. The third-order valence-corrected chi connectivity index (χ3v) is 4.45. The summed E-state index contributed by atoms with van der Waals surface area (Å²) in [6.45, 7) is 9.59. The van der Waals surface area contributed by atoms with Gasteiger partial charge in [-0.05, 0) is 51.1 Å². The van der Waals surface area contributed by atoms with Gasteiger partial charge in [0.2, 0.25) is 0 Å². The lowest BCUT2D eigenvalue weighted by molar-refractivity contribution is 0.0945.